The number of aromatic nitrogens is 1. The molecule has 7 heteroatoms. The third-order valence-corrected chi connectivity index (χ3v) is 3.13. The van der Waals surface area contributed by atoms with Gasteiger partial charge >= 0.3 is 16.2 Å². The Morgan fingerprint density at radius 2 is 1.74 bits per heavy atom. The van der Waals surface area contributed by atoms with Crippen LogP contribution in [0.2, 0.25) is 0 Å². The van der Waals surface area contributed by atoms with Crippen LogP contribution < -0.4 is 0 Å². The minimum Gasteiger partial charge on any atom is -0.478 e. The van der Waals surface area contributed by atoms with E-state index in [9.17, 15) is 17.1 Å². The molecule has 0 fully saturated rings. The summed E-state index contributed by atoms with van der Waals surface area (Å²) < 4.78 is 34.3. The zero-order chi connectivity index (χ0) is 14.0. The monoisotopic (exact) mass is 281 g/mol. The van der Waals surface area contributed by atoms with Crippen molar-refractivity contribution in [2.75, 3.05) is 0 Å². The lowest BCUT2D eigenvalue weighted by molar-refractivity contribution is 0.0697. The van der Waals surface area contributed by atoms with E-state index >= 15 is 0 Å². The van der Waals surface area contributed by atoms with E-state index in [4.69, 9.17) is 5.11 Å². The number of carboxylic acids is 1. The van der Waals surface area contributed by atoms with Crippen molar-refractivity contribution in [3.05, 3.63) is 48.0 Å². The first-order valence-electron chi connectivity index (χ1n) is 5.13. The number of hydrogen-bond acceptors (Lipinski definition) is 4. The van der Waals surface area contributed by atoms with Crippen LogP contribution >= 0.6 is 0 Å². The van der Waals surface area contributed by atoms with Crippen molar-refractivity contribution in [3.63, 3.8) is 0 Å². The molecule has 0 saturated carbocycles. The van der Waals surface area contributed by atoms with Crippen LogP contribution in [0.25, 0.3) is 11.3 Å². The first kappa shape index (κ1) is 13.2. The lowest BCUT2D eigenvalue weighted by Crippen LogP contribution is -1.98. The first-order chi connectivity index (χ1) is 8.88. The van der Waals surface area contributed by atoms with Gasteiger partial charge in [0.15, 0.2) is 5.03 Å². The molecule has 98 valence electrons. The molecule has 0 amide bonds. The molecule has 2 rings (SSSR count). The molecule has 0 atom stereocenters. The largest absolute Gasteiger partial charge is 0.478 e. The smallest absolute Gasteiger partial charge is 0.349 e. The minimum atomic E-state index is -4.86. The van der Waals surface area contributed by atoms with Gasteiger partial charge in [0.25, 0.3) is 0 Å². The maximum atomic E-state index is 12.8. The van der Waals surface area contributed by atoms with E-state index in [-0.39, 0.29) is 11.3 Å². The first-order valence-corrected chi connectivity index (χ1v) is 6.52. The highest BCUT2D eigenvalue weighted by Crippen LogP contribution is 2.20. The summed E-state index contributed by atoms with van der Waals surface area (Å²) in [5.41, 5.74) is 0.837. The number of hydrogen-bond donors (Lipinski definition) is 1. The Kier molecular flexibility index (Phi) is 3.30. The number of carbonyl (C=O) groups is 1. The van der Waals surface area contributed by atoms with Crippen molar-refractivity contribution < 1.29 is 22.2 Å². The van der Waals surface area contributed by atoms with E-state index in [1.165, 1.54) is 36.4 Å². The molecule has 0 spiro atoms. The summed E-state index contributed by atoms with van der Waals surface area (Å²) in [4.78, 5) is 14.4. The average molecular weight is 281 g/mol. The Labute approximate surface area is 108 Å². The molecule has 0 aliphatic carbocycles. The number of nitrogens with zero attached hydrogens (tertiary/aromatic N) is 1. The van der Waals surface area contributed by atoms with Crippen molar-refractivity contribution in [2.45, 2.75) is 5.03 Å². The molecule has 0 bridgehead atoms. The highest BCUT2D eigenvalue weighted by atomic mass is 32.3. The maximum Gasteiger partial charge on any atom is 0.349 e. The summed E-state index contributed by atoms with van der Waals surface area (Å²) in [6, 6.07) is 9.57. The zero-order valence-corrected chi connectivity index (χ0v) is 10.3. The maximum absolute atomic E-state index is 12.8. The Morgan fingerprint density at radius 1 is 1.11 bits per heavy atom. The summed E-state index contributed by atoms with van der Waals surface area (Å²) in [5.74, 6) is -1.07. The van der Waals surface area contributed by atoms with Crippen molar-refractivity contribution in [1.29, 1.82) is 0 Å². The highest BCUT2D eigenvalue weighted by molar-refractivity contribution is 7.86. The van der Waals surface area contributed by atoms with Gasteiger partial charge in [0.05, 0.1) is 11.3 Å². The van der Waals surface area contributed by atoms with Crippen molar-refractivity contribution in [2.24, 2.45) is 0 Å². The normalized spacial score (nSPS) is 11.2. The zero-order valence-electron chi connectivity index (χ0n) is 9.45. The third kappa shape index (κ3) is 2.94. The lowest BCUT2D eigenvalue weighted by atomic mass is 10.1. The molecule has 2 aromatic rings. The number of aromatic carboxylic acids is 1. The molecule has 0 aliphatic heterocycles. The van der Waals surface area contributed by atoms with E-state index in [0.717, 1.165) is 6.07 Å². The van der Waals surface area contributed by atoms with Gasteiger partial charge in [-0.3, -0.25) is 0 Å². The van der Waals surface area contributed by atoms with Gasteiger partial charge in [-0.25, -0.2) is 9.78 Å². The molecule has 19 heavy (non-hydrogen) atoms. The molecule has 1 heterocycles. The van der Waals surface area contributed by atoms with Gasteiger partial charge in [0.1, 0.15) is 0 Å². The van der Waals surface area contributed by atoms with E-state index < -0.39 is 21.2 Å². The van der Waals surface area contributed by atoms with Crippen LogP contribution in [0.5, 0.6) is 0 Å². The number of carboxylic acid groups (broad SMARTS) is 1. The fourth-order valence-electron chi connectivity index (χ4n) is 1.49. The van der Waals surface area contributed by atoms with Crippen LogP contribution in [-0.4, -0.2) is 24.5 Å². The van der Waals surface area contributed by atoms with E-state index in [1.54, 1.807) is 0 Å². The van der Waals surface area contributed by atoms with Crippen LogP contribution in [0.1, 0.15) is 10.4 Å². The van der Waals surface area contributed by atoms with E-state index in [2.05, 4.69) is 4.98 Å². The van der Waals surface area contributed by atoms with Gasteiger partial charge in [0.2, 0.25) is 0 Å². The second-order valence-electron chi connectivity index (χ2n) is 3.68. The van der Waals surface area contributed by atoms with E-state index in [1.807, 2.05) is 0 Å². The van der Waals surface area contributed by atoms with Crippen molar-refractivity contribution >= 4 is 16.2 Å². The summed E-state index contributed by atoms with van der Waals surface area (Å²) in [7, 11) is -4.86. The molecule has 1 N–H and O–H groups in total. The fourth-order valence-corrected chi connectivity index (χ4v) is 1.94. The van der Waals surface area contributed by atoms with Crippen LogP contribution in [-0.2, 0) is 10.2 Å². The molecule has 1 aromatic carbocycles. The van der Waals surface area contributed by atoms with Gasteiger partial charge in [-0.15, -0.1) is 0 Å². The lowest BCUT2D eigenvalue weighted by Gasteiger charge is -2.02. The Bertz CT molecular complexity index is 726. The Morgan fingerprint density at radius 3 is 2.26 bits per heavy atom. The predicted octanol–water partition coefficient (Wildman–Crippen LogP) is 2.11. The minimum absolute atomic E-state index is 0.0954. The average Bonchev–Trinajstić information content (AvgIpc) is 2.38. The van der Waals surface area contributed by atoms with Gasteiger partial charge in [-0.1, -0.05) is 22.1 Å². The van der Waals surface area contributed by atoms with Crippen LogP contribution in [0.15, 0.2) is 47.5 Å². The molecule has 5 nitrogen and oxygen atoms in total. The highest BCUT2D eigenvalue weighted by Gasteiger charge is 2.14. The molecular weight excluding hydrogens is 273 g/mol. The van der Waals surface area contributed by atoms with Gasteiger partial charge in [0, 0.05) is 5.56 Å². The van der Waals surface area contributed by atoms with Crippen molar-refractivity contribution in [1.82, 2.24) is 4.98 Å². The SMILES string of the molecule is O=C(O)c1ccc(-c2cccc(S(=O)(=O)F)n2)cc1. The Hall–Kier alpha value is -2.28. The molecular formula is C12H8FNO4S. The molecule has 0 unspecified atom stereocenters. The van der Waals surface area contributed by atoms with Crippen molar-refractivity contribution in [3.8, 4) is 11.3 Å². The number of rotatable bonds is 3. The molecule has 0 saturated heterocycles. The molecule has 0 radical (unpaired) electrons. The van der Waals surface area contributed by atoms with Crippen LogP contribution in [0.3, 0.4) is 0 Å². The summed E-state index contributed by atoms with van der Waals surface area (Å²) in [6.45, 7) is 0. The summed E-state index contributed by atoms with van der Waals surface area (Å²) >= 11 is 0. The van der Waals surface area contributed by atoms with Gasteiger partial charge in [-0.05, 0) is 24.3 Å². The van der Waals surface area contributed by atoms with Gasteiger partial charge < -0.3 is 5.11 Å². The van der Waals surface area contributed by atoms with Crippen LogP contribution in [0.4, 0.5) is 3.89 Å². The number of halogens is 1. The topological polar surface area (TPSA) is 84.3 Å². The third-order valence-electron chi connectivity index (χ3n) is 2.40. The second-order valence-corrected chi connectivity index (χ2v) is 4.98. The van der Waals surface area contributed by atoms with Gasteiger partial charge in [-0.2, -0.15) is 8.42 Å². The fraction of sp³-hybridized carbons (Fsp3) is 0. The standard InChI is InChI=1S/C12H8FNO4S/c13-19(17,18)11-3-1-2-10(14-11)8-4-6-9(7-5-8)12(15)16/h1-7H,(H,15,16). The van der Waals surface area contributed by atoms with Crippen LogP contribution in [0, 0.1) is 0 Å². The number of pyridine rings is 1. The second kappa shape index (κ2) is 4.77. The number of benzene rings is 1. The van der Waals surface area contributed by atoms with E-state index in [0.29, 0.717) is 5.56 Å². The summed E-state index contributed by atoms with van der Waals surface area (Å²) in [6.07, 6.45) is 0. The Balaban J connectivity index is 2.45. The quantitative estimate of drug-likeness (QED) is 0.871. The molecule has 0 aliphatic rings. The predicted molar refractivity (Wildman–Crippen MR) is 64.9 cm³/mol. The molecule has 1 aromatic heterocycles. The summed E-state index contributed by atoms with van der Waals surface area (Å²) in [5, 5.41) is 8.08.